The predicted octanol–water partition coefficient (Wildman–Crippen LogP) is 6.96. The van der Waals surface area contributed by atoms with E-state index in [0.717, 1.165) is 29.7 Å². The monoisotopic (exact) mass is 374 g/mol. The molecular formula is C26H34N2. The Hall–Kier alpha value is -2.06. The van der Waals surface area contributed by atoms with Crippen LogP contribution < -0.4 is 0 Å². The first-order chi connectivity index (χ1) is 13.8. The van der Waals surface area contributed by atoms with Crippen molar-refractivity contribution < 1.29 is 0 Å². The highest BCUT2D eigenvalue weighted by Gasteiger charge is 2.30. The van der Waals surface area contributed by atoms with Gasteiger partial charge in [-0.25, -0.2) is 0 Å². The standard InChI is InChI=1S/C26H34N2/c27-19-3-6-23-13-17-26(18-14-23)25-15-11-22(12-16-25)5-2-1-4-21-7-9-24(20-28)10-8-21/h3,6-10,22-23,25-26H,1-2,4-5,11-18H2/b6-3+. The smallest absolute Gasteiger partial charge is 0.0991 e. The molecule has 0 unspecified atom stereocenters. The second-order valence-corrected chi connectivity index (χ2v) is 9.00. The molecule has 0 radical (unpaired) electrons. The Bertz CT molecular complexity index is 687. The molecule has 3 rings (SSSR count). The van der Waals surface area contributed by atoms with Crippen LogP contribution in [0.5, 0.6) is 0 Å². The fraction of sp³-hybridized carbons (Fsp3) is 0.615. The third-order valence-corrected chi connectivity index (χ3v) is 7.23. The van der Waals surface area contributed by atoms with Crippen LogP contribution in [-0.2, 0) is 6.42 Å². The van der Waals surface area contributed by atoms with Crippen LogP contribution in [0.25, 0.3) is 0 Å². The number of nitrogens with zero attached hydrogens (tertiary/aromatic N) is 2. The van der Waals surface area contributed by atoms with Crippen LogP contribution >= 0.6 is 0 Å². The van der Waals surface area contributed by atoms with Gasteiger partial charge in [0.2, 0.25) is 0 Å². The molecule has 0 aromatic heterocycles. The zero-order chi connectivity index (χ0) is 19.6. The third kappa shape index (κ3) is 6.24. The average molecular weight is 375 g/mol. The van der Waals surface area contributed by atoms with Gasteiger partial charge in [0.15, 0.2) is 0 Å². The number of hydrogen-bond acceptors (Lipinski definition) is 2. The van der Waals surface area contributed by atoms with Crippen molar-refractivity contribution in [3.8, 4) is 12.1 Å². The van der Waals surface area contributed by atoms with Crippen molar-refractivity contribution in [2.24, 2.45) is 23.7 Å². The van der Waals surface area contributed by atoms with E-state index in [9.17, 15) is 0 Å². The Labute approximate surface area is 171 Å². The third-order valence-electron chi connectivity index (χ3n) is 7.23. The lowest BCUT2D eigenvalue weighted by Gasteiger charge is -2.37. The molecule has 148 valence electrons. The minimum atomic E-state index is 0.656. The first-order valence-electron chi connectivity index (χ1n) is 11.3. The van der Waals surface area contributed by atoms with Gasteiger partial charge in [0.1, 0.15) is 0 Å². The van der Waals surface area contributed by atoms with Gasteiger partial charge >= 0.3 is 0 Å². The van der Waals surface area contributed by atoms with Gasteiger partial charge in [0.25, 0.3) is 0 Å². The normalized spacial score (nSPS) is 27.9. The molecule has 0 amide bonds. The largest absolute Gasteiger partial charge is 0.193 e. The predicted molar refractivity (Wildman–Crippen MR) is 114 cm³/mol. The molecule has 0 heterocycles. The Morgan fingerprint density at radius 3 is 2.07 bits per heavy atom. The van der Waals surface area contributed by atoms with Crippen LogP contribution in [0, 0.1) is 46.3 Å². The number of hydrogen-bond donors (Lipinski definition) is 0. The van der Waals surface area contributed by atoms with E-state index >= 15 is 0 Å². The topological polar surface area (TPSA) is 47.6 Å². The molecule has 2 nitrogen and oxygen atoms in total. The Kier molecular flexibility index (Phi) is 8.17. The van der Waals surface area contributed by atoms with Crippen LogP contribution in [0.1, 0.15) is 81.8 Å². The molecule has 0 saturated heterocycles. The second kappa shape index (κ2) is 11.1. The van der Waals surface area contributed by atoms with Gasteiger partial charge in [-0.1, -0.05) is 43.9 Å². The maximum atomic E-state index is 8.87. The van der Waals surface area contributed by atoms with E-state index < -0.39 is 0 Å². The summed E-state index contributed by atoms with van der Waals surface area (Å²) < 4.78 is 0. The molecule has 2 fully saturated rings. The molecule has 1 aromatic rings. The Morgan fingerprint density at radius 1 is 0.821 bits per heavy atom. The quantitative estimate of drug-likeness (QED) is 0.382. The Balaban J connectivity index is 1.29. The summed E-state index contributed by atoms with van der Waals surface area (Å²) in [6.07, 6.45) is 20.1. The summed E-state index contributed by atoms with van der Waals surface area (Å²) in [5.41, 5.74) is 2.12. The average Bonchev–Trinajstić information content (AvgIpc) is 2.76. The van der Waals surface area contributed by atoms with Crippen LogP contribution in [0.2, 0.25) is 0 Å². The maximum Gasteiger partial charge on any atom is 0.0991 e. The molecule has 0 atom stereocenters. The molecule has 1 aromatic carbocycles. The molecular weight excluding hydrogens is 340 g/mol. The van der Waals surface area contributed by atoms with Gasteiger partial charge in [-0.05, 0) is 92.7 Å². The zero-order valence-electron chi connectivity index (χ0n) is 17.2. The highest BCUT2D eigenvalue weighted by molar-refractivity contribution is 5.31. The second-order valence-electron chi connectivity index (χ2n) is 9.00. The zero-order valence-corrected chi connectivity index (χ0v) is 17.2. The first-order valence-corrected chi connectivity index (χ1v) is 11.3. The molecule has 28 heavy (non-hydrogen) atoms. The summed E-state index contributed by atoms with van der Waals surface area (Å²) >= 11 is 0. The molecule has 0 bridgehead atoms. The van der Waals surface area contributed by atoms with E-state index in [2.05, 4.69) is 30.3 Å². The highest BCUT2D eigenvalue weighted by Crippen LogP contribution is 2.42. The molecule has 0 spiro atoms. The van der Waals surface area contributed by atoms with Crippen molar-refractivity contribution in [3.63, 3.8) is 0 Å². The highest BCUT2D eigenvalue weighted by atomic mass is 14.4. The lowest BCUT2D eigenvalue weighted by molar-refractivity contribution is 0.151. The van der Waals surface area contributed by atoms with Gasteiger partial charge in [-0.2, -0.15) is 10.5 Å². The van der Waals surface area contributed by atoms with Crippen LogP contribution in [0.3, 0.4) is 0 Å². The van der Waals surface area contributed by atoms with Gasteiger partial charge in [0, 0.05) is 6.08 Å². The number of rotatable bonds is 7. The van der Waals surface area contributed by atoms with Crippen molar-refractivity contribution in [2.45, 2.75) is 77.0 Å². The fourth-order valence-electron chi connectivity index (χ4n) is 5.44. The van der Waals surface area contributed by atoms with Gasteiger partial charge in [-0.15, -0.1) is 0 Å². The van der Waals surface area contributed by atoms with Crippen LogP contribution in [0.15, 0.2) is 36.4 Å². The number of allylic oxidation sites excluding steroid dienone is 2. The maximum absolute atomic E-state index is 8.87. The van der Waals surface area contributed by atoms with E-state index in [1.165, 1.54) is 76.2 Å². The summed E-state index contributed by atoms with van der Waals surface area (Å²) in [5, 5.41) is 17.6. The fourth-order valence-corrected chi connectivity index (χ4v) is 5.44. The molecule has 2 saturated carbocycles. The number of aryl methyl sites for hydroxylation is 1. The van der Waals surface area contributed by atoms with E-state index in [0.29, 0.717) is 5.92 Å². The summed E-state index contributed by atoms with van der Waals surface area (Å²) in [6.45, 7) is 0. The molecule has 2 aliphatic rings. The molecule has 2 aliphatic carbocycles. The number of nitriles is 2. The van der Waals surface area contributed by atoms with E-state index in [-0.39, 0.29) is 0 Å². The minimum Gasteiger partial charge on any atom is -0.193 e. The van der Waals surface area contributed by atoms with Crippen molar-refractivity contribution >= 4 is 0 Å². The van der Waals surface area contributed by atoms with Crippen molar-refractivity contribution in [1.82, 2.24) is 0 Å². The van der Waals surface area contributed by atoms with Gasteiger partial charge in [0.05, 0.1) is 17.7 Å². The lowest BCUT2D eigenvalue weighted by atomic mass is 9.68. The van der Waals surface area contributed by atoms with Gasteiger partial charge < -0.3 is 0 Å². The van der Waals surface area contributed by atoms with Crippen molar-refractivity contribution in [1.29, 1.82) is 10.5 Å². The summed E-state index contributed by atoms with van der Waals surface area (Å²) in [4.78, 5) is 0. The molecule has 2 heteroatoms. The van der Waals surface area contributed by atoms with E-state index in [4.69, 9.17) is 10.5 Å². The SMILES string of the molecule is N#C/C=C/C1CCC(C2CCC(CCCCc3ccc(C#N)cc3)CC2)CC1. The number of benzene rings is 1. The summed E-state index contributed by atoms with van der Waals surface area (Å²) in [5.74, 6) is 3.52. The summed E-state index contributed by atoms with van der Waals surface area (Å²) in [6, 6.07) is 12.4. The summed E-state index contributed by atoms with van der Waals surface area (Å²) in [7, 11) is 0. The molecule has 0 N–H and O–H groups in total. The lowest BCUT2D eigenvalue weighted by Crippen LogP contribution is -2.25. The van der Waals surface area contributed by atoms with E-state index in [1.807, 2.05) is 12.1 Å². The molecule has 0 aliphatic heterocycles. The Morgan fingerprint density at radius 2 is 1.46 bits per heavy atom. The first kappa shape index (κ1) is 20.7. The minimum absolute atomic E-state index is 0.656. The van der Waals surface area contributed by atoms with E-state index in [1.54, 1.807) is 6.08 Å². The van der Waals surface area contributed by atoms with Crippen molar-refractivity contribution in [2.75, 3.05) is 0 Å². The van der Waals surface area contributed by atoms with Crippen molar-refractivity contribution in [3.05, 3.63) is 47.5 Å². The van der Waals surface area contributed by atoms with Crippen LogP contribution in [0.4, 0.5) is 0 Å². The van der Waals surface area contributed by atoms with Crippen LogP contribution in [-0.4, -0.2) is 0 Å². The number of unbranched alkanes of at least 4 members (excludes halogenated alkanes) is 1. The van der Waals surface area contributed by atoms with Gasteiger partial charge in [-0.3, -0.25) is 0 Å².